The molecule has 0 aliphatic rings. The summed E-state index contributed by atoms with van der Waals surface area (Å²) < 4.78 is 1.78. The Balaban J connectivity index is 2.10. The lowest BCUT2D eigenvalue weighted by atomic mass is 10.2. The number of hydrogen-bond donors (Lipinski definition) is 1. The zero-order valence-electron chi connectivity index (χ0n) is 11.2. The molecule has 0 aliphatic heterocycles. The molecule has 0 atom stereocenters. The fourth-order valence-corrected chi connectivity index (χ4v) is 1.95. The van der Waals surface area contributed by atoms with E-state index in [2.05, 4.69) is 15.2 Å². The van der Waals surface area contributed by atoms with Crippen molar-refractivity contribution in [1.82, 2.24) is 19.9 Å². The Morgan fingerprint density at radius 3 is 2.84 bits per heavy atom. The number of carboxylic acid groups (broad SMARTS) is 1. The Hall–Kier alpha value is -1.95. The van der Waals surface area contributed by atoms with Gasteiger partial charge in [0.2, 0.25) is 0 Å². The molecule has 1 aromatic heterocycles. The van der Waals surface area contributed by atoms with Crippen LogP contribution in [0, 0.1) is 0 Å². The predicted octanol–water partition coefficient (Wildman–Crippen LogP) is 1.47. The van der Waals surface area contributed by atoms with Gasteiger partial charge in [0.15, 0.2) is 0 Å². The molecule has 102 valence electrons. The van der Waals surface area contributed by atoms with Gasteiger partial charge in [0, 0.05) is 6.54 Å². The van der Waals surface area contributed by atoms with Crippen molar-refractivity contribution in [3.05, 3.63) is 23.8 Å². The van der Waals surface area contributed by atoms with Gasteiger partial charge in [-0.1, -0.05) is 5.21 Å². The van der Waals surface area contributed by atoms with Crippen LogP contribution in [0.15, 0.2) is 18.2 Å². The molecule has 2 rings (SSSR count). The maximum absolute atomic E-state index is 11.0. The topological polar surface area (TPSA) is 71.2 Å². The van der Waals surface area contributed by atoms with Gasteiger partial charge in [-0.3, -0.25) is 0 Å². The minimum Gasteiger partial charge on any atom is -0.478 e. The molecule has 0 amide bonds. The summed E-state index contributed by atoms with van der Waals surface area (Å²) in [5, 5.41) is 17.1. The van der Waals surface area contributed by atoms with Crippen molar-refractivity contribution < 1.29 is 9.90 Å². The highest BCUT2D eigenvalue weighted by Crippen LogP contribution is 2.14. The van der Waals surface area contributed by atoms with Gasteiger partial charge in [-0.25, -0.2) is 9.48 Å². The van der Waals surface area contributed by atoms with Crippen molar-refractivity contribution in [1.29, 1.82) is 0 Å². The summed E-state index contributed by atoms with van der Waals surface area (Å²) in [5.41, 5.74) is 1.78. The smallest absolute Gasteiger partial charge is 0.335 e. The van der Waals surface area contributed by atoms with Gasteiger partial charge in [-0.05, 0) is 51.7 Å². The molecule has 0 unspecified atom stereocenters. The SMILES string of the molecule is CN(C)CCCCn1nnc2ccc(C(=O)O)cc21. The summed E-state index contributed by atoms with van der Waals surface area (Å²) in [6.45, 7) is 1.79. The molecule has 0 aliphatic carbocycles. The van der Waals surface area contributed by atoms with E-state index in [9.17, 15) is 4.79 Å². The lowest BCUT2D eigenvalue weighted by Crippen LogP contribution is -2.13. The van der Waals surface area contributed by atoms with E-state index in [0.717, 1.165) is 37.0 Å². The van der Waals surface area contributed by atoms with Gasteiger partial charge >= 0.3 is 5.97 Å². The minimum atomic E-state index is -0.928. The quantitative estimate of drug-likeness (QED) is 0.798. The van der Waals surface area contributed by atoms with Crippen LogP contribution in [0.2, 0.25) is 0 Å². The Bertz CT molecular complexity index is 577. The second-order valence-corrected chi connectivity index (χ2v) is 4.83. The van der Waals surface area contributed by atoms with Crippen molar-refractivity contribution in [3.8, 4) is 0 Å². The van der Waals surface area contributed by atoms with Crippen LogP contribution in [-0.4, -0.2) is 51.6 Å². The molecule has 0 saturated carbocycles. The molecule has 19 heavy (non-hydrogen) atoms. The molecule has 6 nitrogen and oxygen atoms in total. The number of hydrogen-bond acceptors (Lipinski definition) is 4. The van der Waals surface area contributed by atoms with Crippen LogP contribution in [0.1, 0.15) is 23.2 Å². The molecule has 1 heterocycles. The van der Waals surface area contributed by atoms with Crippen molar-refractivity contribution in [2.75, 3.05) is 20.6 Å². The monoisotopic (exact) mass is 262 g/mol. The lowest BCUT2D eigenvalue weighted by molar-refractivity contribution is 0.0697. The van der Waals surface area contributed by atoms with Gasteiger partial charge in [0.1, 0.15) is 5.52 Å². The molecule has 1 N–H and O–H groups in total. The first-order chi connectivity index (χ1) is 9.08. The number of fused-ring (bicyclic) bond motifs is 1. The third kappa shape index (κ3) is 3.29. The second kappa shape index (κ2) is 5.79. The normalized spacial score (nSPS) is 11.3. The molecule has 0 radical (unpaired) electrons. The molecule has 0 fully saturated rings. The van der Waals surface area contributed by atoms with Crippen molar-refractivity contribution in [2.45, 2.75) is 19.4 Å². The summed E-state index contributed by atoms with van der Waals surface area (Å²) in [6.07, 6.45) is 2.07. The number of carbonyl (C=O) groups is 1. The summed E-state index contributed by atoms with van der Waals surface area (Å²) in [5.74, 6) is -0.928. The van der Waals surface area contributed by atoms with Gasteiger partial charge in [0.25, 0.3) is 0 Å². The first kappa shape index (κ1) is 13.5. The van der Waals surface area contributed by atoms with Crippen molar-refractivity contribution in [3.63, 3.8) is 0 Å². The minimum absolute atomic E-state index is 0.268. The number of aromatic nitrogens is 3. The maximum atomic E-state index is 11.0. The zero-order chi connectivity index (χ0) is 13.8. The fraction of sp³-hybridized carbons (Fsp3) is 0.462. The third-order valence-corrected chi connectivity index (χ3v) is 2.99. The first-order valence-corrected chi connectivity index (χ1v) is 6.29. The number of rotatable bonds is 6. The van der Waals surface area contributed by atoms with Crippen molar-refractivity contribution >= 4 is 17.0 Å². The van der Waals surface area contributed by atoms with E-state index in [-0.39, 0.29) is 5.56 Å². The van der Waals surface area contributed by atoms with E-state index in [4.69, 9.17) is 5.11 Å². The van der Waals surface area contributed by atoms with E-state index in [1.165, 1.54) is 0 Å². The molecule has 0 spiro atoms. The Labute approximate surface area is 111 Å². The van der Waals surface area contributed by atoms with E-state index >= 15 is 0 Å². The maximum Gasteiger partial charge on any atom is 0.335 e. The summed E-state index contributed by atoms with van der Waals surface area (Å²) in [4.78, 5) is 13.1. The zero-order valence-corrected chi connectivity index (χ0v) is 11.2. The Morgan fingerprint density at radius 1 is 1.37 bits per heavy atom. The highest BCUT2D eigenvalue weighted by atomic mass is 16.4. The molecule has 1 aromatic carbocycles. The summed E-state index contributed by atoms with van der Waals surface area (Å²) in [6, 6.07) is 4.88. The van der Waals surface area contributed by atoms with E-state index in [0.29, 0.717) is 0 Å². The number of aryl methyl sites for hydroxylation is 1. The lowest BCUT2D eigenvalue weighted by Gasteiger charge is -2.08. The number of carboxylic acids is 1. The Kier molecular flexibility index (Phi) is 4.11. The average molecular weight is 262 g/mol. The summed E-state index contributed by atoms with van der Waals surface area (Å²) >= 11 is 0. The van der Waals surface area contributed by atoms with Gasteiger partial charge in [-0.15, -0.1) is 5.10 Å². The molecular formula is C13H18N4O2. The highest BCUT2D eigenvalue weighted by Gasteiger charge is 2.08. The first-order valence-electron chi connectivity index (χ1n) is 6.29. The van der Waals surface area contributed by atoms with Crippen LogP contribution in [0.4, 0.5) is 0 Å². The Morgan fingerprint density at radius 2 is 2.16 bits per heavy atom. The van der Waals surface area contributed by atoms with Crippen LogP contribution < -0.4 is 0 Å². The van der Waals surface area contributed by atoms with Crippen molar-refractivity contribution in [2.24, 2.45) is 0 Å². The van der Waals surface area contributed by atoms with Crippen LogP contribution in [0.25, 0.3) is 11.0 Å². The predicted molar refractivity (Wildman–Crippen MR) is 72.3 cm³/mol. The van der Waals surface area contributed by atoms with Crippen LogP contribution >= 0.6 is 0 Å². The van der Waals surface area contributed by atoms with E-state index in [1.54, 1.807) is 22.9 Å². The van der Waals surface area contributed by atoms with E-state index in [1.807, 2.05) is 14.1 Å². The number of unbranched alkanes of at least 4 members (excludes halogenated alkanes) is 1. The third-order valence-electron chi connectivity index (χ3n) is 2.99. The van der Waals surface area contributed by atoms with Gasteiger partial charge in [0.05, 0.1) is 11.1 Å². The molecular weight excluding hydrogens is 244 g/mol. The molecule has 0 saturated heterocycles. The number of nitrogens with zero attached hydrogens (tertiary/aromatic N) is 4. The van der Waals surface area contributed by atoms with Gasteiger partial charge < -0.3 is 10.0 Å². The molecule has 2 aromatic rings. The number of benzene rings is 1. The molecule has 6 heteroatoms. The second-order valence-electron chi connectivity index (χ2n) is 4.83. The van der Waals surface area contributed by atoms with Gasteiger partial charge in [-0.2, -0.15) is 0 Å². The van der Waals surface area contributed by atoms with Crippen LogP contribution in [0.5, 0.6) is 0 Å². The van der Waals surface area contributed by atoms with Crippen LogP contribution in [-0.2, 0) is 6.54 Å². The summed E-state index contributed by atoms with van der Waals surface area (Å²) in [7, 11) is 4.09. The number of aromatic carboxylic acids is 1. The van der Waals surface area contributed by atoms with E-state index < -0.39 is 5.97 Å². The largest absolute Gasteiger partial charge is 0.478 e. The van der Waals surface area contributed by atoms with Crippen LogP contribution in [0.3, 0.4) is 0 Å². The fourth-order valence-electron chi connectivity index (χ4n) is 1.95. The molecule has 0 bridgehead atoms. The standard InChI is InChI=1S/C13H18N4O2/c1-16(2)7-3-4-8-17-12-9-10(13(18)19)5-6-11(12)14-15-17/h5-6,9H,3-4,7-8H2,1-2H3,(H,18,19). The highest BCUT2D eigenvalue weighted by molar-refractivity contribution is 5.92. The average Bonchev–Trinajstić information content (AvgIpc) is 2.76.